The van der Waals surface area contributed by atoms with Crippen LogP contribution >= 0.6 is 0 Å². The highest BCUT2D eigenvalue weighted by Gasteiger charge is 2.19. The Morgan fingerprint density at radius 3 is 1.16 bits per heavy atom. The van der Waals surface area contributed by atoms with E-state index in [1.54, 1.807) is 0 Å². The van der Waals surface area contributed by atoms with Crippen molar-refractivity contribution in [2.45, 2.75) is 0 Å². The van der Waals surface area contributed by atoms with Crippen molar-refractivity contribution >= 4 is 78.0 Å². The summed E-state index contributed by atoms with van der Waals surface area (Å²) in [6.45, 7) is 0. The zero-order valence-corrected chi connectivity index (χ0v) is 31.5. The number of hydrogen-bond acceptors (Lipinski definition) is 4. The summed E-state index contributed by atoms with van der Waals surface area (Å²) in [5, 5.41) is 4.30. The molecule has 0 N–H and O–H groups in total. The maximum Gasteiger partial charge on any atom is 0.137 e. The van der Waals surface area contributed by atoms with Gasteiger partial charge in [-0.25, -0.2) is 0 Å². The van der Waals surface area contributed by atoms with E-state index in [1.165, 1.54) is 22.3 Å². The van der Waals surface area contributed by atoms with Gasteiger partial charge in [-0.15, -0.1) is 0 Å². The average Bonchev–Trinajstić information content (AvgIpc) is 3.85. The molecule has 0 atom stereocenters. The van der Waals surface area contributed by atoms with E-state index in [0.717, 1.165) is 78.0 Å². The third-order valence-corrected chi connectivity index (χ3v) is 11.1. The Morgan fingerprint density at radius 2 is 0.586 bits per heavy atom. The number of anilines is 6. The Bertz CT molecular complexity index is 3120. The first-order valence-corrected chi connectivity index (χ1v) is 19.6. The molecule has 0 aliphatic carbocycles. The van der Waals surface area contributed by atoms with E-state index in [2.05, 4.69) is 210 Å². The van der Waals surface area contributed by atoms with Crippen molar-refractivity contribution in [3.8, 4) is 22.3 Å². The molecule has 11 rings (SSSR count). The molecule has 2 heterocycles. The standard InChI is InChI=1S/C54H36N2O2/c1-4-12-37(13-5-1)39-20-24-42(25-21-39)55(43-26-22-40(23-27-43)38-14-6-2-7-15-38)44-29-33-53-50(34-44)48-31-28-46(36-54(48)58-53)56(41-16-8-3-9-17-41)45-30-32-52-49(35-45)47-18-10-11-19-51(47)57-52/h1-36H. The quantitative estimate of drug-likeness (QED) is 0.155. The fraction of sp³-hybridized carbons (Fsp3) is 0. The van der Waals surface area contributed by atoms with Crippen LogP contribution in [-0.4, -0.2) is 0 Å². The lowest BCUT2D eigenvalue weighted by Crippen LogP contribution is -2.09. The summed E-state index contributed by atoms with van der Waals surface area (Å²) < 4.78 is 12.8. The van der Waals surface area contributed by atoms with Gasteiger partial charge < -0.3 is 18.6 Å². The summed E-state index contributed by atoms with van der Waals surface area (Å²) in [6, 6.07) is 76.8. The third-order valence-electron chi connectivity index (χ3n) is 11.1. The van der Waals surface area contributed by atoms with E-state index >= 15 is 0 Å². The van der Waals surface area contributed by atoms with E-state index in [9.17, 15) is 0 Å². The van der Waals surface area contributed by atoms with Crippen molar-refractivity contribution in [2.75, 3.05) is 9.80 Å². The molecule has 4 nitrogen and oxygen atoms in total. The number of furan rings is 2. The lowest BCUT2D eigenvalue weighted by Gasteiger charge is -2.26. The van der Waals surface area contributed by atoms with E-state index in [1.807, 2.05) is 18.2 Å². The van der Waals surface area contributed by atoms with Gasteiger partial charge in [0.05, 0.1) is 0 Å². The van der Waals surface area contributed by atoms with Crippen LogP contribution in [0.25, 0.3) is 66.1 Å². The molecule has 0 aliphatic rings. The molecule has 0 bridgehead atoms. The van der Waals surface area contributed by atoms with E-state index in [4.69, 9.17) is 8.83 Å². The van der Waals surface area contributed by atoms with Crippen molar-refractivity contribution in [3.05, 3.63) is 218 Å². The van der Waals surface area contributed by atoms with Gasteiger partial charge in [0.25, 0.3) is 0 Å². The fourth-order valence-corrected chi connectivity index (χ4v) is 8.22. The van der Waals surface area contributed by atoms with Gasteiger partial charge in [-0.05, 0) is 113 Å². The van der Waals surface area contributed by atoms with Gasteiger partial charge in [0.15, 0.2) is 0 Å². The lowest BCUT2D eigenvalue weighted by molar-refractivity contribution is 0.668. The Morgan fingerprint density at radius 1 is 0.224 bits per heavy atom. The summed E-state index contributed by atoms with van der Waals surface area (Å²) in [7, 11) is 0. The second-order valence-electron chi connectivity index (χ2n) is 14.6. The molecule has 0 amide bonds. The number of para-hydroxylation sites is 2. The second kappa shape index (κ2) is 14.0. The van der Waals surface area contributed by atoms with Crippen LogP contribution in [0, 0.1) is 0 Å². The minimum atomic E-state index is 0.825. The Balaban J connectivity index is 1.01. The van der Waals surface area contributed by atoms with Crippen molar-refractivity contribution in [1.82, 2.24) is 0 Å². The maximum atomic E-state index is 6.65. The number of benzene rings is 9. The van der Waals surface area contributed by atoms with Gasteiger partial charge in [-0.3, -0.25) is 0 Å². The molecule has 0 aliphatic heterocycles. The Kier molecular flexibility index (Phi) is 8.11. The van der Waals surface area contributed by atoms with Crippen LogP contribution in [0.4, 0.5) is 34.1 Å². The van der Waals surface area contributed by atoms with Gasteiger partial charge in [-0.1, -0.05) is 121 Å². The highest BCUT2D eigenvalue weighted by atomic mass is 16.3. The van der Waals surface area contributed by atoms with Gasteiger partial charge in [-0.2, -0.15) is 0 Å². The van der Waals surface area contributed by atoms with Crippen molar-refractivity contribution < 1.29 is 8.83 Å². The minimum Gasteiger partial charge on any atom is -0.456 e. The molecule has 2 aromatic heterocycles. The van der Waals surface area contributed by atoms with Crippen molar-refractivity contribution in [1.29, 1.82) is 0 Å². The molecule has 0 saturated heterocycles. The maximum absolute atomic E-state index is 6.65. The van der Waals surface area contributed by atoms with Crippen LogP contribution in [0.5, 0.6) is 0 Å². The molecule has 4 heteroatoms. The van der Waals surface area contributed by atoms with Crippen LogP contribution in [0.15, 0.2) is 227 Å². The molecule has 0 unspecified atom stereocenters. The van der Waals surface area contributed by atoms with Crippen LogP contribution < -0.4 is 9.80 Å². The zero-order chi connectivity index (χ0) is 38.4. The summed E-state index contributed by atoms with van der Waals surface area (Å²) in [5.74, 6) is 0. The third kappa shape index (κ3) is 5.96. The summed E-state index contributed by atoms with van der Waals surface area (Å²) in [5.41, 5.74) is 14.5. The van der Waals surface area contributed by atoms with Gasteiger partial charge in [0.2, 0.25) is 0 Å². The molecule has 0 fully saturated rings. The lowest BCUT2D eigenvalue weighted by atomic mass is 10.0. The van der Waals surface area contributed by atoms with Gasteiger partial charge in [0, 0.05) is 61.7 Å². The minimum absolute atomic E-state index is 0.825. The molecule has 0 radical (unpaired) electrons. The van der Waals surface area contributed by atoms with Crippen LogP contribution in [0.2, 0.25) is 0 Å². The van der Waals surface area contributed by atoms with E-state index < -0.39 is 0 Å². The predicted molar refractivity (Wildman–Crippen MR) is 241 cm³/mol. The number of rotatable bonds is 8. The number of nitrogens with zero attached hydrogens (tertiary/aromatic N) is 2. The monoisotopic (exact) mass is 744 g/mol. The molecular formula is C54H36N2O2. The SMILES string of the molecule is c1ccc(-c2ccc(N(c3ccc(-c4ccccc4)cc3)c3ccc4oc5cc(N(c6ccccc6)c6ccc7oc8ccccc8c7c6)ccc5c4c3)cc2)cc1. The van der Waals surface area contributed by atoms with Crippen LogP contribution in [0.3, 0.4) is 0 Å². The normalized spacial score (nSPS) is 11.4. The predicted octanol–water partition coefficient (Wildman–Crippen LogP) is 15.8. The molecule has 274 valence electrons. The Labute approximate surface area is 336 Å². The summed E-state index contributed by atoms with van der Waals surface area (Å²) in [4.78, 5) is 4.60. The molecule has 58 heavy (non-hydrogen) atoms. The van der Waals surface area contributed by atoms with Gasteiger partial charge in [0.1, 0.15) is 22.3 Å². The molecule has 11 aromatic rings. The first kappa shape index (κ1) is 33.5. The first-order chi connectivity index (χ1) is 28.7. The molecular weight excluding hydrogens is 709 g/mol. The summed E-state index contributed by atoms with van der Waals surface area (Å²) >= 11 is 0. The van der Waals surface area contributed by atoms with Crippen LogP contribution in [0.1, 0.15) is 0 Å². The van der Waals surface area contributed by atoms with E-state index in [0.29, 0.717) is 0 Å². The zero-order valence-electron chi connectivity index (χ0n) is 31.5. The van der Waals surface area contributed by atoms with E-state index in [-0.39, 0.29) is 0 Å². The smallest absolute Gasteiger partial charge is 0.137 e. The second-order valence-corrected chi connectivity index (χ2v) is 14.6. The number of hydrogen-bond donors (Lipinski definition) is 0. The highest BCUT2D eigenvalue weighted by molar-refractivity contribution is 6.09. The highest BCUT2D eigenvalue weighted by Crippen LogP contribution is 2.43. The number of fused-ring (bicyclic) bond motifs is 6. The molecule has 0 spiro atoms. The Hall–Kier alpha value is -7.82. The van der Waals surface area contributed by atoms with Gasteiger partial charge >= 0.3 is 0 Å². The average molecular weight is 745 g/mol. The topological polar surface area (TPSA) is 32.8 Å². The molecule has 0 saturated carbocycles. The summed E-state index contributed by atoms with van der Waals surface area (Å²) in [6.07, 6.45) is 0. The first-order valence-electron chi connectivity index (χ1n) is 19.6. The largest absolute Gasteiger partial charge is 0.456 e. The fourth-order valence-electron chi connectivity index (χ4n) is 8.22. The molecule has 9 aromatic carbocycles. The van der Waals surface area contributed by atoms with Crippen molar-refractivity contribution in [3.63, 3.8) is 0 Å². The van der Waals surface area contributed by atoms with Crippen LogP contribution in [-0.2, 0) is 0 Å². The van der Waals surface area contributed by atoms with Crippen molar-refractivity contribution in [2.24, 2.45) is 0 Å².